The van der Waals surface area contributed by atoms with Crippen LogP contribution in [0.15, 0.2) is 146 Å². The molecule has 60 heavy (non-hydrogen) atoms. The molecule has 0 heterocycles. The van der Waals surface area contributed by atoms with E-state index < -0.39 is 23.5 Å². The second kappa shape index (κ2) is 11.9. The van der Waals surface area contributed by atoms with Gasteiger partial charge in [-0.1, -0.05) is 97.1 Å². The predicted molar refractivity (Wildman–Crippen MR) is 237 cm³/mol. The van der Waals surface area contributed by atoms with E-state index >= 15 is 0 Å². The monoisotopic (exact) mass is 792 g/mol. The summed E-state index contributed by atoms with van der Waals surface area (Å²) in [5.74, 6) is 0. The number of alkyl halides is 6. The van der Waals surface area contributed by atoms with Crippen molar-refractivity contribution < 1.29 is 26.3 Å². The highest BCUT2D eigenvalue weighted by molar-refractivity contribution is 6.44. The third-order valence-electron chi connectivity index (χ3n) is 13.0. The maximum atomic E-state index is 14.7. The Morgan fingerprint density at radius 3 is 1.22 bits per heavy atom. The van der Waals surface area contributed by atoms with E-state index in [1.165, 1.54) is 24.3 Å². The summed E-state index contributed by atoms with van der Waals surface area (Å²) >= 11 is 0. The highest BCUT2D eigenvalue weighted by atomic mass is 19.4. The van der Waals surface area contributed by atoms with Crippen LogP contribution in [0.25, 0.3) is 119 Å². The maximum Gasteiger partial charge on any atom is 0.416 e. The molecule has 0 fully saturated rings. The summed E-state index contributed by atoms with van der Waals surface area (Å²) in [5, 5.41) is 16.5. The zero-order valence-electron chi connectivity index (χ0n) is 32.1. The van der Waals surface area contributed by atoms with Crippen LogP contribution in [0.4, 0.5) is 26.3 Å². The molecule has 0 N–H and O–H groups in total. The van der Waals surface area contributed by atoms with Crippen LogP contribution >= 0.6 is 0 Å². The van der Waals surface area contributed by atoms with Gasteiger partial charge in [-0.2, -0.15) is 26.3 Å². The Labute approximate surface area is 338 Å². The van der Waals surface area contributed by atoms with E-state index in [-0.39, 0.29) is 0 Å². The number of halogens is 6. The number of benzene rings is 10. The molecular weight excluding hydrogens is 763 g/mol. The van der Waals surface area contributed by atoms with Crippen LogP contribution < -0.4 is 0 Å². The van der Waals surface area contributed by atoms with Gasteiger partial charge in [0.05, 0.1) is 11.1 Å². The Hall–Kier alpha value is -6.92. The second-order valence-electron chi connectivity index (χ2n) is 16.2. The quantitative estimate of drug-likeness (QED) is 0.121. The average Bonchev–Trinajstić information content (AvgIpc) is 3.72. The summed E-state index contributed by atoms with van der Waals surface area (Å²) in [4.78, 5) is 0. The van der Waals surface area contributed by atoms with Crippen molar-refractivity contribution in [3.8, 4) is 22.3 Å². The third kappa shape index (κ3) is 4.70. The summed E-state index contributed by atoms with van der Waals surface area (Å²) < 4.78 is 88.3. The van der Waals surface area contributed by atoms with Gasteiger partial charge in [0.25, 0.3) is 0 Å². The van der Waals surface area contributed by atoms with Gasteiger partial charge in [-0.15, -0.1) is 0 Å². The molecule has 0 spiro atoms. The molecule has 0 saturated heterocycles. The first kappa shape index (κ1) is 35.1. The van der Waals surface area contributed by atoms with Gasteiger partial charge in [-0.25, -0.2) is 0 Å². The summed E-state index contributed by atoms with van der Waals surface area (Å²) in [6.07, 6.45) is -9.23. The van der Waals surface area contributed by atoms with Crippen molar-refractivity contribution in [1.29, 1.82) is 0 Å². The van der Waals surface area contributed by atoms with E-state index in [1.807, 2.05) is 62.4 Å². The van der Waals surface area contributed by atoms with Crippen LogP contribution in [-0.4, -0.2) is 0 Å². The SMILES string of the molecule is Cc1ccc(C(F)(F)F)cc1-c1c2cc3c(cc2c(-c2cc(C(F)(F)F)ccc2C)c2c4cc5ccccc5c5cccc(c12)c54)c1cc2ccccc2c2cccc3c21. The smallest absolute Gasteiger partial charge is 0.166 e. The van der Waals surface area contributed by atoms with Crippen molar-refractivity contribution in [2.75, 3.05) is 0 Å². The van der Waals surface area contributed by atoms with Gasteiger partial charge in [-0.05, 0) is 193 Å². The van der Waals surface area contributed by atoms with Crippen LogP contribution in [0.3, 0.4) is 0 Å². The first-order valence-electron chi connectivity index (χ1n) is 19.8. The topological polar surface area (TPSA) is 0 Å². The van der Waals surface area contributed by atoms with Gasteiger partial charge >= 0.3 is 12.4 Å². The lowest BCUT2D eigenvalue weighted by Gasteiger charge is -2.21. The van der Waals surface area contributed by atoms with Crippen LogP contribution in [0.2, 0.25) is 0 Å². The van der Waals surface area contributed by atoms with Crippen LogP contribution in [0, 0.1) is 13.8 Å². The molecule has 6 heteroatoms. The lowest BCUT2D eigenvalue weighted by molar-refractivity contribution is -0.138. The minimum atomic E-state index is -4.62. The molecule has 0 saturated carbocycles. The molecule has 0 aliphatic rings. The van der Waals surface area contributed by atoms with E-state index in [4.69, 9.17) is 0 Å². The molecule has 0 atom stereocenters. The molecule has 0 aliphatic heterocycles. The average molecular weight is 793 g/mol. The van der Waals surface area contributed by atoms with Gasteiger partial charge in [0, 0.05) is 0 Å². The molecule has 0 amide bonds. The Morgan fingerprint density at radius 2 is 0.700 bits per heavy atom. The first-order valence-corrected chi connectivity index (χ1v) is 19.8. The molecule has 12 aromatic rings. The molecule has 0 aliphatic carbocycles. The predicted octanol–water partition coefficient (Wildman–Crippen LogP) is 16.9. The Balaban J connectivity index is 1.41. The van der Waals surface area contributed by atoms with E-state index in [0.29, 0.717) is 54.9 Å². The maximum absolute atomic E-state index is 14.7. The van der Waals surface area contributed by atoms with Crippen molar-refractivity contribution in [2.45, 2.75) is 26.2 Å². The van der Waals surface area contributed by atoms with Crippen LogP contribution in [-0.2, 0) is 12.4 Å². The van der Waals surface area contributed by atoms with Crippen LogP contribution in [0.1, 0.15) is 22.3 Å². The molecule has 0 nitrogen and oxygen atoms in total. The largest absolute Gasteiger partial charge is 0.416 e. The molecule has 0 bridgehead atoms. The van der Waals surface area contributed by atoms with Gasteiger partial charge in [0.15, 0.2) is 0 Å². The molecule has 0 aromatic heterocycles. The van der Waals surface area contributed by atoms with Crippen molar-refractivity contribution in [3.05, 3.63) is 168 Å². The normalized spacial score (nSPS) is 13.0. The van der Waals surface area contributed by atoms with Crippen molar-refractivity contribution in [2.24, 2.45) is 0 Å². The standard InChI is InChI=1S/C54H30F6/c1-27-17-19-31(53(55,56)57)23-39(27)49-44-25-41-37-15-7-13-35-33-11-5-3-9-29(33)21-43(47(35)37)42(41)26-45(44)50(40-24-32(54(58,59)60)20-18-28(40)2)52-46-22-30-10-4-6-12-34(30)36-14-8-16-38(48(36)46)51(49)52/h3-26H,1-2H3. The Kier molecular flexibility index (Phi) is 6.93. The third-order valence-corrected chi connectivity index (χ3v) is 13.0. The van der Waals surface area contributed by atoms with Gasteiger partial charge in [0.2, 0.25) is 0 Å². The number of aryl methyl sites for hydroxylation is 2. The zero-order valence-corrected chi connectivity index (χ0v) is 32.1. The van der Waals surface area contributed by atoms with E-state index in [1.54, 1.807) is 0 Å². The number of hydrogen-bond acceptors (Lipinski definition) is 0. The molecule has 12 rings (SSSR count). The van der Waals surface area contributed by atoms with Crippen molar-refractivity contribution in [3.63, 3.8) is 0 Å². The van der Waals surface area contributed by atoms with Gasteiger partial charge in [-0.3, -0.25) is 0 Å². The van der Waals surface area contributed by atoms with Gasteiger partial charge in [0.1, 0.15) is 0 Å². The first-order chi connectivity index (χ1) is 28.9. The minimum Gasteiger partial charge on any atom is -0.166 e. The van der Waals surface area contributed by atoms with E-state index in [2.05, 4.69) is 60.7 Å². The van der Waals surface area contributed by atoms with Gasteiger partial charge < -0.3 is 0 Å². The fraction of sp³-hybridized carbons (Fsp3) is 0.0741. The number of rotatable bonds is 2. The Morgan fingerprint density at radius 1 is 0.300 bits per heavy atom. The Bertz CT molecular complexity index is 3810. The number of fused-ring (bicyclic) bond motifs is 11. The van der Waals surface area contributed by atoms with Crippen molar-refractivity contribution >= 4 is 97.0 Å². The highest BCUT2D eigenvalue weighted by Gasteiger charge is 2.34. The lowest BCUT2D eigenvalue weighted by atomic mass is 9.83. The molecule has 288 valence electrons. The van der Waals surface area contributed by atoms with E-state index in [0.717, 1.165) is 87.5 Å². The lowest BCUT2D eigenvalue weighted by Crippen LogP contribution is -2.06. The molecule has 0 radical (unpaired) electrons. The fourth-order valence-corrected chi connectivity index (χ4v) is 10.4. The molecule has 12 aromatic carbocycles. The zero-order chi connectivity index (χ0) is 41.0. The second-order valence-corrected chi connectivity index (χ2v) is 16.2. The molecular formula is C54H30F6. The summed E-state index contributed by atoms with van der Waals surface area (Å²) in [5.41, 5.74) is 1.86. The summed E-state index contributed by atoms with van der Waals surface area (Å²) in [6, 6.07) is 44.7. The van der Waals surface area contributed by atoms with Crippen molar-refractivity contribution in [1.82, 2.24) is 0 Å². The molecule has 0 unspecified atom stereocenters. The van der Waals surface area contributed by atoms with Crippen LogP contribution in [0.5, 0.6) is 0 Å². The number of hydrogen-bond donors (Lipinski definition) is 0. The van der Waals surface area contributed by atoms with E-state index in [9.17, 15) is 26.3 Å². The summed E-state index contributed by atoms with van der Waals surface area (Å²) in [7, 11) is 0. The summed E-state index contributed by atoms with van der Waals surface area (Å²) in [6.45, 7) is 3.65. The fourth-order valence-electron chi connectivity index (χ4n) is 10.4. The highest BCUT2D eigenvalue weighted by Crippen LogP contribution is 2.55. The minimum absolute atomic E-state index is 0.423.